The topological polar surface area (TPSA) is 32.9 Å². The number of carbonyl (C=O) groups excluding carboxylic acids is 1. The number of nitrogens with one attached hydrogen (secondary N) is 1. The molecule has 0 aliphatic rings. The lowest BCUT2D eigenvalue weighted by atomic mass is 9.86. The Balaban J connectivity index is 2.00. The van der Waals surface area contributed by atoms with Crippen molar-refractivity contribution in [2.45, 2.75) is 39.0 Å². The first kappa shape index (κ1) is 13.6. The number of hydrogen-bond acceptors (Lipinski definition) is 1. The van der Waals surface area contributed by atoms with Gasteiger partial charge in [-0.15, -0.1) is 0 Å². The molecule has 1 aromatic heterocycles. The van der Waals surface area contributed by atoms with Crippen molar-refractivity contribution in [3.8, 4) is 0 Å². The zero-order valence-electron chi connectivity index (χ0n) is 11.9. The van der Waals surface area contributed by atoms with Crippen LogP contribution in [0.2, 0.25) is 0 Å². The van der Waals surface area contributed by atoms with Gasteiger partial charge in [-0.2, -0.15) is 0 Å². The van der Waals surface area contributed by atoms with Crippen molar-refractivity contribution in [2.24, 2.45) is 0 Å². The van der Waals surface area contributed by atoms with Crippen LogP contribution in [0.5, 0.6) is 0 Å². The average molecular weight is 255 g/mol. The highest BCUT2D eigenvalue weighted by Gasteiger charge is 2.14. The summed E-state index contributed by atoms with van der Waals surface area (Å²) in [5.74, 6) is 0.204. The van der Waals surface area contributed by atoms with Crippen LogP contribution < -0.4 is 0 Å². The van der Waals surface area contributed by atoms with Crippen LogP contribution in [0.1, 0.15) is 48.8 Å². The number of aromatic nitrogens is 1. The molecule has 0 aliphatic heterocycles. The number of Topliss-reactive ketones (excluding diaryl/α,β-unsaturated/α-hetero) is 1. The molecule has 0 fully saturated rings. The monoisotopic (exact) mass is 255 g/mol. The summed E-state index contributed by atoms with van der Waals surface area (Å²) in [5, 5.41) is 0. The molecule has 0 bridgehead atoms. The van der Waals surface area contributed by atoms with Crippen molar-refractivity contribution in [1.29, 1.82) is 0 Å². The summed E-state index contributed by atoms with van der Waals surface area (Å²) >= 11 is 0. The molecule has 2 rings (SSSR count). The molecule has 0 saturated carbocycles. The number of carbonyl (C=O) groups is 1. The molecule has 1 N–H and O–H groups in total. The molecule has 0 amide bonds. The largest absolute Gasteiger partial charge is 0.365 e. The minimum atomic E-state index is 0.131. The molecule has 2 nitrogen and oxygen atoms in total. The highest BCUT2D eigenvalue weighted by Crippen LogP contribution is 2.22. The predicted octanol–water partition coefficient (Wildman–Crippen LogP) is 4.13. The van der Waals surface area contributed by atoms with Gasteiger partial charge in [0.1, 0.15) is 0 Å². The van der Waals surface area contributed by atoms with Crippen LogP contribution in [0.3, 0.4) is 0 Å². The summed E-state index contributed by atoms with van der Waals surface area (Å²) in [5.41, 5.74) is 3.30. The van der Waals surface area contributed by atoms with E-state index in [1.807, 2.05) is 30.5 Å². The molecule has 0 unspecified atom stereocenters. The number of benzene rings is 1. The van der Waals surface area contributed by atoms with Gasteiger partial charge in [0.25, 0.3) is 0 Å². The van der Waals surface area contributed by atoms with E-state index in [0.29, 0.717) is 6.42 Å². The fraction of sp³-hybridized carbons (Fsp3) is 0.353. The summed E-state index contributed by atoms with van der Waals surface area (Å²) in [7, 11) is 0. The van der Waals surface area contributed by atoms with E-state index in [0.717, 1.165) is 17.7 Å². The fourth-order valence-corrected chi connectivity index (χ4v) is 2.07. The summed E-state index contributed by atoms with van der Waals surface area (Å²) in [6.07, 6.45) is 3.21. The third kappa shape index (κ3) is 3.57. The molecular formula is C17H21NO. The third-order valence-electron chi connectivity index (χ3n) is 3.36. The van der Waals surface area contributed by atoms with Gasteiger partial charge in [0.15, 0.2) is 5.78 Å². The lowest BCUT2D eigenvalue weighted by Gasteiger charge is -2.18. The van der Waals surface area contributed by atoms with Crippen molar-refractivity contribution in [1.82, 2.24) is 4.98 Å². The standard InChI is InChI=1S/C17H21NO/c1-17(2,3)14-8-6-13(7-9-14)16(19)11-10-15-5-4-12-18-15/h4-9,12,18H,10-11H2,1-3H3. The first-order valence-electron chi connectivity index (χ1n) is 6.73. The van der Waals surface area contributed by atoms with E-state index in [9.17, 15) is 4.79 Å². The molecule has 19 heavy (non-hydrogen) atoms. The molecular weight excluding hydrogens is 234 g/mol. The van der Waals surface area contributed by atoms with Crippen molar-refractivity contribution in [3.05, 3.63) is 59.4 Å². The van der Waals surface area contributed by atoms with Crippen molar-refractivity contribution in [2.75, 3.05) is 0 Å². The van der Waals surface area contributed by atoms with Gasteiger partial charge in [-0.3, -0.25) is 4.79 Å². The first-order valence-corrected chi connectivity index (χ1v) is 6.73. The number of hydrogen-bond donors (Lipinski definition) is 1. The number of ketones is 1. The number of aryl methyl sites for hydroxylation is 1. The minimum absolute atomic E-state index is 0.131. The van der Waals surface area contributed by atoms with E-state index in [-0.39, 0.29) is 11.2 Å². The van der Waals surface area contributed by atoms with Crippen molar-refractivity contribution < 1.29 is 4.79 Å². The molecule has 2 heteroatoms. The van der Waals surface area contributed by atoms with E-state index in [1.54, 1.807) is 0 Å². The van der Waals surface area contributed by atoms with Gasteiger partial charge in [0.05, 0.1) is 0 Å². The van der Waals surface area contributed by atoms with E-state index in [4.69, 9.17) is 0 Å². The van der Waals surface area contributed by atoms with Gasteiger partial charge in [-0.05, 0) is 29.5 Å². The van der Waals surface area contributed by atoms with Crippen LogP contribution in [0.4, 0.5) is 0 Å². The van der Waals surface area contributed by atoms with Crippen molar-refractivity contribution in [3.63, 3.8) is 0 Å². The highest BCUT2D eigenvalue weighted by molar-refractivity contribution is 5.96. The maximum Gasteiger partial charge on any atom is 0.163 e. The maximum absolute atomic E-state index is 12.1. The van der Waals surface area contributed by atoms with Crippen LogP contribution in [0.25, 0.3) is 0 Å². The third-order valence-corrected chi connectivity index (χ3v) is 3.36. The van der Waals surface area contributed by atoms with Crippen LogP contribution >= 0.6 is 0 Å². The maximum atomic E-state index is 12.1. The van der Waals surface area contributed by atoms with Gasteiger partial charge >= 0.3 is 0 Å². The second kappa shape index (κ2) is 5.43. The molecule has 2 aromatic rings. The fourth-order valence-electron chi connectivity index (χ4n) is 2.07. The van der Waals surface area contributed by atoms with E-state index < -0.39 is 0 Å². The first-order chi connectivity index (χ1) is 8.97. The molecule has 1 heterocycles. The average Bonchev–Trinajstić information content (AvgIpc) is 2.88. The molecule has 0 radical (unpaired) electrons. The zero-order valence-corrected chi connectivity index (χ0v) is 11.9. The summed E-state index contributed by atoms with van der Waals surface area (Å²) in [6, 6.07) is 12.0. The SMILES string of the molecule is CC(C)(C)c1ccc(C(=O)CCc2ccc[nH]2)cc1. The second-order valence-electron chi connectivity index (χ2n) is 5.95. The van der Waals surface area contributed by atoms with Gasteiger partial charge in [-0.1, -0.05) is 45.0 Å². The highest BCUT2D eigenvalue weighted by atomic mass is 16.1. The molecule has 0 atom stereocenters. The lowest BCUT2D eigenvalue weighted by molar-refractivity contribution is 0.0982. The van der Waals surface area contributed by atoms with Crippen molar-refractivity contribution >= 4 is 5.78 Å². The van der Waals surface area contributed by atoms with Gasteiger partial charge < -0.3 is 4.98 Å². The molecule has 0 saturated heterocycles. The smallest absolute Gasteiger partial charge is 0.163 e. The van der Waals surface area contributed by atoms with Gasteiger partial charge in [0, 0.05) is 23.9 Å². The van der Waals surface area contributed by atoms with Crippen LogP contribution in [-0.2, 0) is 11.8 Å². The summed E-state index contributed by atoms with van der Waals surface area (Å²) < 4.78 is 0. The molecule has 100 valence electrons. The number of aromatic amines is 1. The zero-order chi connectivity index (χ0) is 13.9. The Morgan fingerprint density at radius 2 is 1.79 bits per heavy atom. The normalized spacial score (nSPS) is 11.5. The number of H-pyrrole nitrogens is 1. The Hall–Kier alpha value is -1.83. The molecule has 0 aliphatic carbocycles. The molecule has 1 aromatic carbocycles. The Bertz CT molecular complexity index is 530. The predicted molar refractivity (Wildman–Crippen MR) is 78.6 cm³/mol. The van der Waals surface area contributed by atoms with Crippen LogP contribution in [0.15, 0.2) is 42.6 Å². The van der Waals surface area contributed by atoms with Gasteiger partial charge in [-0.25, -0.2) is 0 Å². The van der Waals surface area contributed by atoms with E-state index >= 15 is 0 Å². The van der Waals surface area contributed by atoms with Crippen LogP contribution in [-0.4, -0.2) is 10.8 Å². The van der Waals surface area contributed by atoms with E-state index in [2.05, 4.69) is 37.9 Å². The quantitative estimate of drug-likeness (QED) is 0.819. The minimum Gasteiger partial charge on any atom is -0.365 e. The summed E-state index contributed by atoms with van der Waals surface area (Å²) in [6.45, 7) is 6.53. The van der Waals surface area contributed by atoms with Crippen LogP contribution in [0, 0.1) is 0 Å². The Morgan fingerprint density at radius 1 is 1.11 bits per heavy atom. The lowest BCUT2D eigenvalue weighted by Crippen LogP contribution is -2.11. The second-order valence-corrected chi connectivity index (χ2v) is 5.95. The van der Waals surface area contributed by atoms with E-state index in [1.165, 1.54) is 5.56 Å². The Labute approximate surface area is 114 Å². The Morgan fingerprint density at radius 3 is 2.32 bits per heavy atom. The van der Waals surface area contributed by atoms with Gasteiger partial charge in [0.2, 0.25) is 0 Å². The number of rotatable bonds is 4. The Kier molecular flexibility index (Phi) is 3.89. The molecule has 0 spiro atoms. The summed E-state index contributed by atoms with van der Waals surface area (Å²) in [4.78, 5) is 15.2.